The van der Waals surface area contributed by atoms with Gasteiger partial charge in [0.2, 0.25) is 0 Å². The van der Waals surface area contributed by atoms with Crippen LogP contribution in [0.15, 0.2) is 41.5 Å². The molecule has 13 heavy (non-hydrogen) atoms. The lowest BCUT2D eigenvalue weighted by Crippen LogP contribution is -2.06. The summed E-state index contributed by atoms with van der Waals surface area (Å²) in [6.07, 6.45) is 3.12. The van der Waals surface area contributed by atoms with E-state index in [0.717, 1.165) is 0 Å². The first kappa shape index (κ1) is 7.67. The Bertz CT molecular complexity index is 450. The van der Waals surface area contributed by atoms with Gasteiger partial charge >= 0.3 is 0 Å². The molecule has 0 spiro atoms. The first-order chi connectivity index (χ1) is 6.36. The monoisotopic (exact) mass is 173 g/mol. The molecular weight excluding hydrogens is 166 g/mol. The second-order valence-electron chi connectivity index (χ2n) is 2.50. The van der Waals surface area contributed by atoms with Crippen LogP contribution in [-0.4, -0.2) is 15.0 Å². The van der Waals surface area contributed by atoms with Gasteiger partial charge in [0.25, 0.3) is 5.56 Å². The predicted molar refractivity (Wildman–Crippen MR) is 48.1 cm³/mol. The Hall–Kier alpha value is -1.97. The zero-order valence-corrected chi connectivity index (χ0v) is 6.77. The topological polar surface area (TPSA) is 58.6 Å². The zero-order valence-electron chi connectivity index (χ0n) is 6.77. The van der Waals surface area contributed by atoms with Crippen molar-refractivity contribution in [3.63, 3.8) is 0 Å². The average Bonchev–Trinajstić information content (AvgIpc) is 2.19. The van der Waals surface area contributed by atoms with Gasteiger partial charge in [0.05, 0.1) is 0 Å². The molecule has 0 aromatic carbocycles. The fourth-order valence-electron chi connectivity index (χ4n) is 1.00. The van der Waals surface area contributed by atoms with Crippen molar-refractivity contribution in [1.29, 1.82) is 0 Å². The molecule has 0 radical (unpaired) electrons. The second-order valence-corrected chi connectivity index (χ2v) is 2.50. The van der Waals surface area contributed by atoms with E-state index in [1.165, 1.54) is 12.3 Å². The lowest BCUT2D eigenvalue weighted by Gasteiger charge is -1.96. The van der Waals surface area contributed by atoms with Crippen LogP contribution in [0, 0.1) is 0 Å². The molecule has 0 saturated carbocycles. The fourth-order valence-corrected chi connectivity index (χ4v) is 1.00. The number of rotatable bonds is 1. The lowest BCUT2D eigenvalue weighted by atomic mass is 10.3. The molecule has 0 aliphatic rings. The summed E-state index contributed by atoms with van der Waals surface area (Å²) >= 11 is 0. The molecule has 0 saturated heterocycles. The van der Waals surface area contributed by atoms with Gasteiger partial charge in [0.1, 0.15) is 5.69 Å². The van der Waals surface area contributed by atoms with Crippen LogP contribution in [0.1, 0.15) is 0 Å². The molecule has 0 bridgehead atoms. The fraction of sp³-hybridized carbons (Fsp3) is 0. The van der Waals surface area contributed by atoms with Crippen LogP contribution in [0.5, 0.6) is 0 Å². The van der Waals surface area contributed by atoms with Crippen molar-refractivity contribution >= 4 is 0 Å². The van der Waals surface area contributed by atoms with Crippen LogP contribution >= 0.6 is 0 Å². The van der Waals surface area contributed by atoms with E-state index in [-0.39, 0.29) is 5.56 Å². The van der Waals surface area contributed by atoms with Crippen molar-refractivity contribution in [2.24, 2.45) is 0 Å². The van der Waals surface area contributed by atoms with Crippen LogP contribution in [0.3, 0.4) is 0 Å². The van der Waals surface area contributed by atoms with Crippen molar-refractivity contribution in [3.05, 3.63) is 47.0 Å². The summed E-state index contributed by atoms with van der Waals surface area (Å²) in [6.45, 7) is 0. The maximum atomic E-state index is 10.9. The first-order valence-corrected chi connectivity index (χ1v) is 3.83. The van der Waals surface area contributed by atoms with Crippen molar-refractivity contribution in [3.8, 4) is 11.5 Å². The third-order valence-corrected chi connectivity index (χ3v) is 1.58. The Labute approximate surface area is 74.3 Å². The highest BCUT2D eigenvalue weighted by atomic mass is 16.1. The highest BCUT2D eigenvalue weighted by Gasteiger charge is 1.98. The molecule has 0 aliphatic carbocycles. The number of nitrogens with zero attached hydrogens (tertiary/aromatic N) is 2. The highest BCUT2D eigenvalue weighted by molar-refractivity contribution is 5.47. The highest BCUT2D eigenvalue weighted by Crippen LogP contribution is 2.06. The van der Waals surface area contributed by atoms with E-state index in [4.69, 9.17) is 0 Å². The van der Waals surface area contributed by atoms with Crippen molar-refractivity contribution in [2.75, 3.05) is 0 Å². The third kappa shape index (κ3) is 1.61. The smallest absolute Gasteiger partial charge is 0.251 e. The molecule has 4 nitrogen and oxygen atoms in total. The van der Waals surface area contributed by atoms with Gasteiger partial charge in [0.15, 0.2) is 5.82 Å². The van der Waals surface area contributed by atoms with Gasteiger partial charge in [-0.15, -0.1) is 0 Å². The molecule has 2 aromatic heterocycles. The number of nitrogens with one attached hydrogen (secondary N) is 1. The van der Waals surface area contributed by atoms with E-state index in [0.29, 0.717) is 11.5 Å². The summed E-state index contributed by atoms with van der Waals surface area (Å²) in [4.78, 5) is 21.6. The summed E-state index contributed by atoms with van der Waals surface area (Å²) in [5.74, 6) is 0.494. The van der Waals surface area contributed by atoms with Gasteiger partial charge in [-0.3, -0.25) is 9.78 Å². The quantitative estimate of drug-likeness (QED) is 0.694. The van der Waals surface area contributed by atoms with E-state index in [1.54, 1.807) is 12.3 Å². The minimum atomic E-state index is -0.171. The standard InChI is InChI=1S/C9H7N3O/c13-8-4-6-11-9(12-8)7-3-1-2-5-10-7/h1-6H,(H,11,12,13). The van der Waals surface area contributed by atoms with Gasteiger partial charge in [-0.2, -0.15) is 0 Å². The number of hydrogen-bond acceptors (Lipinski definition) is 3. The summed E-state index contributed by atoms with van der Waals surface area (Å²) < 4.78 is 0. The molecule has 0 fully saturated rings. The Balaban J connectivity index is 2.54. The number of pyridine rings is 1. The molecule has 0 atom stereocenters. The Morgan fingerprint density at radius 3 is 2.69 bits per heavy atom. The summed E-state index contributed by atoms with van der Waals surface area (Å²) in [5.41, 5.74) is 0.496. The van der Waals surface area contributed by atoms with Crippen LogP contribution in [0.25, 0.3) is 11.5 Å². The molecule has 4 heteroatoms. The molecule has 2 aromatic rings. The second kappa shape index (κ2) is 3.18. The van der Waals surface area contributed by atoms with Crippen molar-refractivity contribution in [2.45, 2.75) is 0 Å². The Morgan fingerprint density at radius 1 is 1.08 bits per heavy atom. The Morgan fingerprint density at radius 2 is 2.00 bits per heavy atom. The van der Waals surface area contributed by atoms with E-state index in [2.05, 4.69) is 15.0 Å². The number of aromatic amines is 1. The minimum Gasteiger partial charge on any atom is -0.305 e. The molecule has 2 heterocycles. The van der Waals surface area contributed by atoms with E-state index >= 15 is 0 Å². The van der Waals surface area contributed by atoms with Crippen LogP contribution < -0.4 is 5.56 Å². The van der Waals surface area contributed by atoms with Gasteiger partial charge in [-0.05, 0) is 12.1 Å². The van der Waals surface area contributed by atoms with E-state index in [1.807, 2.05) is 12.1 Å². The van der Waals surface area contributed by atoms with Crippen LogP contribution in [0.4, 0.5) is 0 Å². The number of hydrogen-bond donors (Lipinski definition) is 1. The SMILES string of the molecule is O=c1ccnc(-c2ccccn2)[nH]1. The van der Waals surface area contributed by atoms with Gasteiger partial charge in [-0.25, -0.2) is 4.98 Å². The molecule has 0 amide bonds. The van der Waals surface area contributed by atoms with E-state index < -0.39 is 0 Å². The van der Waals surface area contributed by atoms with Crippen LogP contribution in [-0.2, 0) is 0 Å². The van der Waals surface area contributed by atoms with Gasteiger partial charge < -0.3 is 4.98 Å². The maximum absolute atomic E-state index is 10.9. The summed E-state index contributed by atoms with van der Waals surface area (Å²) in [7, 11) is 0. The average molecular weight is 173 g/mol. The normalized spacial score (nSPS) is 9.85. The van der Waals surface area contributed by atoms with Gasteiger partial charge in [0, 0.05) is 18.5 Å². The zero-order chi connectivity index (χ0) is 9.10. The van der Waals surface area contributed by atoms with Crippen molar-refractivity contribution < 1.29 is 0 Å². The molecule has 1 N–H and O–H groups in total. The van der Waals surface area contributed by atoms with Crippen molar-refractivity contribution in [1.82, 2.24) is 15.0 Å². The van der Waals surface area contributed by atoms with Gasteiger partial charge in [-0.1, -0.05) is 6.07 Å². The number of H-pyrrole nitrogens is 1. The predicted octanol–water partition coefficient (Wildman–Crippen LogP) is 0.832. The first-order valence-electron chi connectivity index (χ1n) is 3.83. The van der Waals surface area contributed by atoms with Crippen LogP contribution in [0.2, 0.25) is 0 Å². The summed E-state index contributed by atoms with van der Waals surface area (Å²) in [5, 5.41) is 0. The molecular formula is C9H7N3O. The van der Waals surface area contributed by atoms with E-state index in [9.17, 15) is 4.79 Å². The third-order valence-electron chi connectivity index (χ3n) is 1.58. The minimum absolute atomic E-state index is 0.171. The Kier molecular flexibility index (Phi) is 1.88. The molecule has 0 unspecified atom stereocenters. The maximum Gasteiger partial charge on any atom is 0.251 e. The molecule has 64 valence electrons. The largest absolute Gasteiger partial charge is 0.305 e. The summed E-state index contributed by atoms with van der Waals surface area (Å²) in [6, 6.07) is 6.81. The molecule has 2 rings (SSSR count). The molecule has 0 aliphatic heterocycles. The lowest BCUT2D eigenvalue weighted by molar-refractivity contribution is 1.10. The number of aromatic nitrogens is 3.